The summed E-state index contributed by atoms with van der Waals surface area (Å²) in [5, 5.41) is 0. The molecule has 0 unspecified atom stereocenters. The van der Waals surface area contributed by atoms with E-state index < -0.39 is 0 Å². The zero-order valence-corrected chi connectivity index (χ0v) is 20.9. The fourth-order valence-corrected chi connectivity index (χ4v) is 3.92. The zero-order valence-electron chi connectivity index (χ0n) is 20.9. The van der Waals surface area contributed by atoms with Gasteiger partial charge in [-0.05, 0) is 37.1 Å². The first-order valence-corrected chi connectivity index (χ1v) is 13.3. The van der Waals surface area contributed by atoms with Crippen molar-refractivity contribution in [2.45, 2.75) is 104 Å². The van der Waals surface area contributed by atoms with Crippen molar-refractivity contribution in [3.8, 4) is 22.8 Å². The molecule has 0 aliphatic heterocycles. The van der Waals surface area contributed by atoms with Gasteiger partial charge in [0.25, 0.3) is 0 Å². The minimum atomic E-state index is -0.309. The van der Waals surface area contributed by atoms with Crippen LogP contribution < -0.4 is 9.47 Å². The highest BCUT2D eigenvalue weighted by molar-refractivity contribution is 5.61. The number of halogens is 1. The molecule has 0 aliphatic rings. The minimum absolute atomic E-state index is 0.309. The molecule has 0 radical (unpaired) electrons. The Balaban J connectivity index is 1.68. The normalized spacial score (nSPS) is 11.0. The summed E-state index contributed by atoms with van der Waals surface area (Å²) in [5.41, 5.74) is 1.09. The third-order valence-corrected chi connectivity index (χ3v) is 5.99. The van der Waals surface area contributed by atoms with Gasteiger partial charge in [-0.3, -0.25) is 4.98 Å². The van der Waals surface area contributed by atoms with Crippen LogP contribution in [0, 0.1) is 5.82 Å². The van der Waals surface area contributed by atoms with Crippen molar-refractivity contribution in [2.24, 2.45) is 0 Å². The Kier molecular flexibility index (Phi) is 14.3. The van der Waals surface area contributed by atoms with Crippen molar-refractivity contribution in [2.75, 3.05) is 13.2 Å². The third kappa shape index (κ3) is 11.5. The summed E-state index contributed by atoms with van der Waals surface area (Å²) in [4.78, 5) is 4.40. The van der Waals surface area contributed by atoms with Crippen molar-refractivity contribution in [1.82, 2.24) is 4.98 Å². The molecule has 1 heterocycles. The molecule has 0 saturated carbocycles. The Hall–Kier alpha value is -2.10. The van der Waals surface area contributed by atoms with E-state index in [1.54, 1.807) is 12.3 Å². The van der Waals surface area contributed by atoms with Crippen LogP contribution in [0.25, 0.3) is 11.3 Å². The Morgan fingerprint density at radius 3 is 1.67 bits per heavy atom. The maximum absolute atomic E-state index is 14.6. The number of rotatable bonds is 19. The van der Waals surface area contributed by atoms with Crippen molar-refractivity contribution in [1.29, 1.82) is 0 Å². The SMILES string of the molecule is CCCCCCCCCCOc1ccc(-c2ccc(OCCCCCCCC)cn2)c(F)c1. The van der Waals surface area contributed by atoms with Gasteiger partial charge in [-0.25, -0.2) is 4.39 Å². The highest BCUT2D eigenvalue weighted by atomic mass is 19.1. The second-order valence-corrected chi connectivity index (χ2v) is 8.96. The van der Waals surface area contributed by atoms with Crippen LogP contribution in [0.4, 0.5) is 4.39 Å². The highest BCUT2D eigenvalue weighted by Gasteiger charge is 2.09. The number of hydrogen-bond acceptors (Lipinski definition) is 3. The molecule has 0 atom stereocenters. The van der Waals surface area contributed by atoms with Gasteiger partial charge in [0.2, 0.25) is 0 Å². The largest absolute Gasteiger partial charge is 0.493 e. The number of benzene rings is 1. The first kappa shape index (κ1) is 27.1. The average Bonchev–Trinajstić information content (AvgIpc) is 2.83. The summed E-state index contributed by atoms with van der Waals surface area (Å²) in [6.07, 6.45) is 19.2. The number of unbranched alkanes of at least 4 members (excludes halogenated alkanes) is 12. The topological polar surface area (TPSA) is 31.4 Å². The Morgan fingerprint density at radius 2 is 1.15 bits per heavy atom. The molecule has 2 rings (SSSR count). The molecule has 0 fully saturated rings. The Morgan fingerprint density at radius 1 is 0.636 bits per heavy atom. The molecule has 0 saturated heterocycles. The maximum atomic E-state index is 14.6. The molecule has 0 spiro atoms. The second-order valence-electron chi connectivity index (χ2n) is 8.96. The van der Waals surface area contributed by atoms with Gasteiger partial charge < -0.3 is 9.47 Å². The standard InChI is InChI=1S/C29H44FNO2/c1-3-5-7-9-11-12-14-15-21-32-25-17-19-27(28(30)23-25)29-20-18-26(24-31-29)33-22-16-13-10-8-6-4-2/h17-20,23-24H,3-16,21-22H2,1-2H3. The average molecular weight is 458 g/mol. The van der Waals surface area contributed by atoms with Crippen LogP contribution in [-0.4, -0.2) is 18.2 Å². The van der Waals surface area contributed by atoms with Gasteiger partial charge in [0, 0.05) is 11.6 Å². The summed E-state index contributed by atoms with van der Waals surface area (Å²) in [7, 11) is 0. The van der Waals surface area contributed by atoms with Gasteiger partial charge >= 0.3 is 0 Å². The van der Waals surface area contributed by atoms with E-state index in [0.717, 1.165) is 18.6 Å². The molecule has 184 valence electrons. The summed E-state index contributed by atoms with van der Waals surface area (Å²) < 4.78 is 26.2. The van der Waals surface area contributed by atoms with Crippen LogP contribution in [0.3, 0.4) is 0 Å². The van der Waals surface area contributed by atoms with Crippen LogP contribution in [-0.2, 0) is 0 Å². The van der Waals surface area contributed by atoms with Crippen LogP contribution in [0.1, 0.15) is 104 Å². The van der Waals surface area contributed by atoms with Crippen molar-refractivity contribution >= 4 is 0 Å². The van der Waals surface area contributed by atoms with Gasteiger partial charge in [0.15, 0.2) is 0 Å². The smallest absolute Gasteiger partial charge is 0.137 e. The van der Waals surface area contributed by atoms with Gasteiger partial charge in [-0.1, -0.05) is 90.9 Å². The van der Waals surface area contributed by atoms with Crippen LogP contribution in [0.2, 0.25) is 0 Å². The van der Waals surface area contributed by atoms with Crippen molar-refractivity contribution in [3.05, 3.63) is 42.3 Å². The van der Waals surface area contributed by atoms with Crippen LogP contribution >= 0.6 is 0 Å². The number of aromatic nitrogens is 1. The van der Waals surface area contributed by atoms with E-state index in [-0.39, 0.29) is 5.82 Å². The van der Waals surface area contributed by atoms with Crippen LogP contribution in [0.5, 0.6) is 11.5 Å². The molecular formula is C29H44FNO2. The van der Waals surface area contributed by atoms with E-state index in [9.17, 15) is 4.39 Å². The first-order chi connectivity index (χ1) is 16.2. The third-order valence-electron chi connectivity index (χ3n) is 5.99. The lowest BCUT2D eigenvalue weighted by Crippen LogP contribution is -1.99. The highest BCUT2D eigenvalue weighted by Crippen LogP contribution is 2.26. The molecule has 1 aromatic heterocycles. The van der Waals surface area contributed by atoms with E-state index in [0.29, 0.717) is 30.2 Å². The van der Waals surface area contributed by atoms with Crippen molar-refractivity contribution < 1.29 is 13.9 Å². The fraction of sp³-hybridized carbons (Fsp3) is 0.621. The predicted molar refractivity (Wildman–Crippen MR) is 137 cm³/mol. The fourth-order valence-electron chi connectivity index (χ4n) is 3.92. The molecule has 3 nitrogen and oxygen atoms in total. The monoisotopic (exact) mass is 457 g/mol. The van der Waals surface area contributed by atoms with E-state index in [2.05, 4.69) is 18.8 Å². The molecule has 0 aliphatic carbocycles. The summed E-state index contributed by atoms with van der Waals surface area (Å²) in [6.45, 7) is 5.81. The second kappa shape index (κ2) is 17.4. The molecule has 2 aromatic rings. The van der Waals surface area contributed by atoms with Crippen molar-refractivity contribution in [3.63, 3.8) is 0 Å². The van der Waals surface area contributed by atoms with Gasteiger partial charge in [0.05, 0.1) is 25.1 Å². The zero-order chi connectivity index (χ0) is 23.6. The number of ether oxygens (including phenoxy) is 2. The number of hydrogen-bond donors (Lipinski definition) is 0. The van der Waals surface area contributed by atoms with Gasteiger partial charge in [-0.2, -0.15) is 0 Å². The first-order valence-electron chi connectivity index (χ1n) is 13.3. The lowest BCUT2D eigenvalue weighted by Gasteiger charge is -2.10. The summed E-state index contributed by atoms with van der Waals surface area (Å²) >= 11 is 0. The van der Waals surface area contributed by atoms with Crippen LogP contribution in [0.15, 0.2) is 36.5 Å². The molecular weight excluding hydrogens is 413 g/mol. The lowest BCUT2D eigenvalue weighted by atomic mass is 10.1. The molecule has 0 bridgehead atoms. The van der Waals surface area contributed by atoms with E-state index in [4.69, 9.17) is 9.47 Å². The molecule has 0 amide bonds. The predicted octanol–water partition coefficient (Wildman–Crippen LogP) is 9.15. The quantitative estimate of drug-likeness (QED) is 0.197. The molecule has 1 aromatic carbocycles. The van der Waals surface area contributed by atoms with E-state index in [1.165, 1.54) is 83.1 Å². The Labute approximate surface area is 201 Å². The van der Waals surface area contributed by atoms with Gasteiger partial charge in [0.1, 0.15) is 17.3 Å². The molecule has 33 heavy (non-hydrogen) atoms. The summed E-state index contributed by atoms with van der Waals surface area (Å²) in [6, 6.07) is 8.72. The number of nitrogens with zero attached hydrogens (tertiary/aromatic N) is 1. The van der Waals surface area contributed by atoms with E-state index >= 15 is 0 Å². The number of pyridine rings is 1. The van der Waals surface area contributed by atoms with E-state index in [1.807, 2.05) is 18.2 Å². The Bertz CT molecular complexity index is 748. The minimum Gasteiger partial charge on any atom is -0.493 e. The summed E-state index contributed by atoms with van der Waals surface area (Å²) in [5.74, 6) is 1.01. The molecule has 4 heteroatoms. The lowest BCUT2D eigenvalue weighted by molar-refractivity contribution is 0.302. The molecule has 0 N–H and O–H groups in total. The van der Waals surface area contributed by atoms with Gasteiger partial charge in [-0.15, -0.1) is 0 Å². The maximum Gasteiger partial charge on any atom is 0.137 e.